The van der Waals surface area contributed by atoms with Gasteiger partial charge in [0.15, 0.2) is 0 Å². The predicted octanol–water partition coefficient (Wildman–Crippen LogP) is 3.62. The van der Waals surface area contributed by atoms with Crippen molar-refractivity contribution < 1.29 is 4.79 Å². The number of aromatic nitrogens is 3. The van der Waals surface area contributed by atoms with E-state index in [9.17, 15) is 4.79 Å². The van der Waals surface area contributed by atoms with E-state index in [-0.39, 0.29) is 11.9 Å². The van der Waals surface area contributed by atoms with Crippen LogP contribution in [-0.2, 0) is 12.8 Å². The molecule has 0 fully saturated rings. The molecule has 5 nitrogen and oxygen atoms in total. The highest BCUT2D eigenvalue weighted by atomic mass is 127. The second-order valence-electron chi connectivity index (χ2n) is 4.31. The van der Waals surface area contributed by atoms with Gasteiger partial charge in [-0.3, -0.25) is 10.1 Å². The number of anilines is 1. The molecule has 0 aliphatic rings. The zero-order valence-corrected chi connectivity index (χ0v) is 15.4. The first-order valence-corrected chi connectivity index (χ1v) is 8.41. The number of nitrogens with one attached hydrogen (secondary N) is 1. The molecule has 110 valence electrons. The highest BCUT2D eigenvalue weighted by Crippen LogP contribution is 2.19. The van der Waals surface area contributed by atoms with Gasteiger partial charge in [-0.2, -0.15) is 0 Å². The number of aryl methyl sites for hydroxylation is 2. The standard InChI is InChI=1S/C14H14BrIN4O/c1-3-11-12(4-2)19-20-14(17-11)18-13(21)9-7-8(15)5-6-10(9)16/h5-7H,3-4H2,1-2H3,(H,17,18,20,21). The molecule has 0 aliphatic carbocycles. The van der Waals surface area contributed by atoms with Gasteiger partial charge in [-0.15, -0.1) is 10.2 Å². The van der Waals surface area contributed by atoms with Gasteiger partial charge in [0, 0.05) is 8.04 Å². The van der Waals surface area contributed by atoms with Gasteiger partial charge in [-0.25, -0.2) is 4.98 Å². The zero-order chi connectivity index (χ0) is 15.4. The number of benzene rings is 1. The molecular weight excluding hydrogens is 447 g/mol. The molecule has 2 rings (SSSR count). The predicted molar refractivity (Wildman–Crippen MR) is 93.4 cm³/mol. The molecule has 0 atom stereocenters. The van der Waals surface area contributed by atoms with Gasteiger partial charge in [-0.05, 0) is 53.6 Å². The quantitative estimate of drug-likeness (QED) is 0.707. The molecule has 0 aliphatic heterocycles. The number of carbonyl (C=O) groups is 1. The molecule has 1 amide bonds. The van der Waals surface area contributed by atoms with Crippen molar-refractivity contribution >= 4 is 50.4 Å². The molecule has 1 aromatic carbocycles. The Morgan fingerprint density at radius 3 is 2.62 bits per heavy atom. The number of carbonyl (C=O) groups excluding carboxylic acids is 1. The van der Waals surface area contributed by atoms with Gasteiger partial charge < -0.3 is 0 Å². The molecule has 1 heterocycles. The van der Waals surface area contributed by atoms with E-state index < -0.39 is 0 Å². The van der Waals surface area contributed by atoms with Crippen molar-refractivity contribution in [2.24, 2.45) is 0 Å². The summed E-state index contributed by atoms with van der Waals surface area (Å²) in [6.07, 6.45) is 1.54. The number of nitrogens with zero attached hydrogens (tertiary/aromatic N) is 3. The lowest BCUT2D eigenvalue weighted by Crippen LogP contribution is -2.17. The summed E-state index contributed by atoms with van der Waals surface area (Å²) in [6, 6.07) is 5.53. The summed E-state index contributed by atoms with van der Waals surface area (Å²) in [6.45, 7) is 4.01. The fourth-order valence-electron chi connectivity index (χ4n) is 1.83. The third kappa shape index (κ3) is 3.97. The van der Waals surface area contributed by atoms with Crippen LogP contribution in [0.2, 0.25) is 0 Å². The SMILES string of the molecule is CCc1nnc(NC(=O)c2cc(Br)ccc2I)nc1CC. The van der Waals surface area contributed by atoms with Crippen molar-refractivity contribution in [2.45, 2.75) is 26.7 Å². The summed E-state index contributed by atoms with van der Waals surface area (Å²) < 4.78 is 1.71. The first-order valence-electron chi connectivity index (χ1n) is 6.54. The van der Waals surface area contributed by atoms with Crippen LogP contribution in [0.3, 0.4) is 0 Å². The van der Waals surface area contributed by atoms with Crippen LogP contribution in [0.15, 0.2) is 22.7 Å². The smallest absolute Gasteiger partial charge is 0.259 e. The largest absolute Gasteiger partial charge is 0.289 e. The van der Waals surface area contributed by atoms with Crippen molar-refractivity contribution in [3.63, 3.8) is 0 Å². The monoisotopic (exact) mass is 460 g/mol. The molecule has 0 unspecified atom stereocenters. The first-order chi connectivity index (χ1) is 10.0. The van der Waals surface area contributed by atoms with Gasteiger partial charge in [0.25, 0.3) is 5.91 Å². The number of hydrogen-bond donors (Lipinski definition) is 1. The van der Waals surface area contributed by atoms with Crippen LogP contribution in [0, 0.1) is 3.57 Å². The molecule has 21 heavy (non-hydrogen) atoms. The minimum Gasteiger partial charge on any atom is -0.289 e. The third-order valence-electron chi connectivity index (χ3n) is 2.91. The number of amides is 1. The molecule has 1 N–H and O–H groups in total. The Hall–Kier alpha value is -1.09. The molecule has 2 aromatic rings. The van der Waals surface area contributed by atoms with E-state index >= 15 is 0 Å². The first kappa shape index (κ1) is 16.3. The maximum Gasteiger partial charge on any atom is 0.259 e. The van der Waals surface area contributed by atoms with Gasteiger partial charge >= 0.3 is 0 Å². The molecule has 7 heteroatoms. The summed E-state index contributed by atoms with van der Waals surface area (Å²) in [5, 5.41) is 10.8. The van der Waals surface area contributed by atoms with Gasteiger partial charge in [-0.1, -0.05) is 29.8 Å². The Morgan fingerprint density at radius 1 is 1.24 bits per heavy atom. The van der Waals surface area contributed by atoms with Crippen LogP contribution < -0.4 is 5.32 Å². The molecule has 0 bridgehead atoms. The summed E-state index contributed by atoms with van der Waals surface area (Å²) >= 11 is 5.49. The Balaban J connectivity index is 2.25. The molecule has 0 radical (unpaired) electrons. The van der Waals surface area contributed by atoms with Gasteiger partial charge in [0.1, 0.15) is 0 Å². The van der Waals surface area contributed by atoms with E-state index in [1.165, 1.54) is 0 Å². The summed E-state index contributed by atoms with van der Waals surface area (Å²) in [4.78, 5) is 16.7. The molecule has 1 aromatic heterocycles. The van der Waals surface area contributed by atoms with Crippen molar-refractivity contribution in [3.8, 4) is 0 Å². The highest BCUT2D eigenvalue weighted by Gasteiger charge is 2.13. The summed E-state index contributed by atoms with van der Waals surface area (Å²) in [5.74, 6) is -0.00127. The van der Waals surface area contributed by atoms with Crippen LogP contribution >= 0.6 is 38.5 Å². The third-order valence-corrected chi connectivity index (χ3v) is 4.34. The van der Waals surface area contributed by atoms with E-state index in [1.54, 1.807) is 6.07 Å². The van der Waals surface area contributed by atoms with Crippen molar-refractivity contribution in [1.82, 2.24) is 15.2 Å². The maximum absolute atomic E-state index is 12.3. The van der Waals surface area contributed by atoms with Crippen molar-refractivity contribution in [2.75, 3.05) is 5.32 Å². The molecule has 0 saturated carbocycles. The van der Waals surface area contributed by atoms with Crippen LogP contribution in [0.5, 0.6) is 0 Å². The number of halogens is 2. The second kappa shape index (κ2) is 7.26. The number of hydrogen-bond acceptors (Lipinski definition) is 4. The fourth-order valence-corrected chi connectivity index (χ4v) is 2.77. The number of rotatable bonds is 4. The Labute approximate surface area is 145 Å². The van der Waals surface area contributed by atoms with E-state index in [2.05, 4.69) is 59.0 Å². The van der Waals surface area contributed by atoms with E-state index in [0.29, 0.717) is 5.56 Å². The van der Waals surface area contributed by atoms with Crippen LogP contribution in [0.25, 0.3) is 0 Å². The fraction of sp³-hybridized carbons (Fsp3) is 0.286. The van der Waals surface area contributed by atoms with Crippen LogP contribution in [0.1, 0.15) is 35.6 Å². The molecule has 0 saturated heterocycles. The Kier molecular flexibility index (Phi) is 5.63. The van der Waals surface area contributed by atoms with E-state index in [0.717, 1.165) is 32.3 Å². The average Bonchev–Trinajstić information content (AvgIpc) is 2.49. The lowest BCUT2D eigenvalue weighted by Gasteiger charge is -2.08. The van der Waals surface area contributed by atoms with Crippen LogP contribution in [0.4, 0.5) is 5.95 Å². The lowest BCUT2D eigenvalue weighted by atomic mass is 10.2. The van der Waals surface area contributed by atoms with Crippen molar-refractivity contribution in [3.05, 3.63) is 43.2 Å². The molecule has 0 spiro atoms. The lowest BCUT2D eigenvalue weighted by molar-refractivity contribution is 0.102. The van der Waals surface area contributed by atoms with Gasteiger partial charge in [0.05, 0.1) is 17.0 Å². The van der Waals surface area contributed by atoms with E-state index in [1.807, 2.05) is 26.0 Å². The zero-order valence-electron chi connectivity index (χ0n) is 11.7. The normalized spacial score (nSPS) is 10.5. The highest BCUT2D eigenvalue weighted by molar-refractivity contribution is 14.1. The van der Waals surface area contributed by atoms with Crippen LogP contribution in [-0.4, -0.2) is 21.1 Å². The summed E-state index contributed by atoms with van der Waals surface area (Å²) in [7, 11) is 0. The van der Waals surface area contributed by atoms with Crippen molar-refractivity contribution in [1.29, 1.82) is 0 Å². The molecular formula is C14H14BrIN4O. The second-order valence-corrected chi connectivity index (χ2v) is 6.39. The topological polar surface area (TPSA) is 67.8 Å². The minimum atomic E-state index is -0.242. The Morgan fingerprint density at radius 2 is 1.95 bits per heavy atom. The Bertz CT molecular complexity index is 678. The maximum atomic E-state index is 12.3. The van der Waals surface area contributed by atoms with E-state index in [4.69, 9.17) is 0 Å². The summed E-state index contributed by atoms with van der Waals surface area (Å²) in [5.41, 5.74) is 2.31. The minimum absolute atomic E-state index is 0.241. The average molecular weight is 461 g/mol. The van der Waals surface area contributed by atoms with Gasteiger partial charge in [0.2, 0.25) is 5.95 Å².